The molecule has 17 heavy (non-hydrogen) atoms. The van der Waals surface area contributed by atoms with Crippen molar-refractivity contribution >= 4 is 27.5 Å². The summed E-state index contributed by atoms with van der Waals surface area (Å²) in [5.74, 6) is 1.00. The zero-order chi connectivity index (χ0) is 12.4. The summed E-state index contributed by atoms with van der Waals surface area (Å²) in [6.07, 6.45) is 0. The second kappa shape index (κ2) is 5.15. The summed E-state index contributed by atoms with van der Waals surface area (Å²) in [6.45, 7) is 4.02. The van der Waals surface area contributed by atoms with E-state index in [9.17, 15) is 0 Å². The first-order chi connectivity index (χ1) is 8.10. The summed E-state index contributed by atoms with van der Waals surface area (Å²) in [6, 6.07) is 8.13. The summed E-state index contributed by atoms with van der Waals surface area (Å²) in [5.41, 5.74) is 4.15. The van der Waals surface area contributed by atoms with Crippen LogP contribution in [0.1, 0.15) is 17.1 Å². The maximum absolute atomic E-state index is 5.80. The van der Waals surface area contributed by atoms with Crippen molar-refractivity contribution < 1.29 is 0 Å². The first-order valence-electron chi connectivity index (χ1n) is 5.27. The van der Waals surface area contributed by atoms with Crippen molar-refractivity contribution in [2.45, 2.75) is 19.7 Å². The lowest BCUT2D eigenvalue weighted by molar-refractivity contribution is 0.996. The average molecular weight is 312 g/mol. The SMILES string of the molecule is Cc1cc(-c2cc(Br)ccc2C)nc(CCl)n1. The third-order valence-electron chi connectivity index (χ3n) is 2.50. The van der Waals surface area contributed by atoms with E-state index in [1.54, 1.807) is 0 Å². The van der Waals surface area contributed by atoms with Gasteiger partial charge in [0.05, 0.1) is 11.6 Å². The van der Waals surface area contributed by atoms with Gasteiger partial charge in [0.25, 0.3) is 0 Å². The standard InChI is InChI=1S/C13H12BrClN2/c1-8-3-4-10(14)6-11(8)12-5-9(2)16-13(7-15)17-12/h3-6H,7H2,1-2H3. The molecular weight excluding hydrogens is 300 g/mol. The molecule has 0 unspecified atom stereocenters. The van der Waals surface area contributed by atoms with E-state index in [2.05, 4.69) is 45.0 Å². The van der Waals surface area contributed by atoms with Crippen molar-refractivity contribution in [3.63, 3.8) is 0 Å². The lowest BCUT2D eigenvalue weighted by Gasteiger charge is -2.08. The predicted molar refractivity (Wildman–Crippen MR) is 74.2 cm³/mol. The number of rotatable bonds is 2. The first kappa shape index (κ1) is 12.5. The molecule has 2 rings (SSSR count). The number of aromatic nitrogens is 2. The maximum Gasteiger partial charge on any atom is 0.143 e. The Morgan fingerprint density at radius 2 is 1.94 bits per heavy atom. The Hall–Kier alpha value is -0.930. The van der Waals surface area contributed by atoms with Crippen LogP contribution in [0.15, 0.2) is 28.7 Å². The van der Waals surface area contributed by atoms with E-state index in [4.69, 9.17) is 11.6 Å². The Balaban J connectivity index is 2.59. The predicted octanol–water partition coefficient (Wildman–Crippen LogP) is 4.26. The monoisotopic (exact) mass is 310 g/mol. The fourth-order valence-electron chi connectivity index (χ4n) is 1.70. The van der Waals surface area contributed by atoms with Crippen LogP contribution >= 0.6 is 27.5 Å². The van der Waals surface area contributed by atoms with Crippen LogP contribution in [0, 0.1) is 13.8 Å². The molecule has 0 amide bonds. The van der Waals surface area contributed by atoms with Crippen LogP contribution in [0.2, 0.25) is 0 Å². The zero-order valence-corrected chi connectivity index (χ0v) is 12.0. The van der Waals surface area contributed by atoms with Crippen molar-refractivity contribution in [3.8, 4) is 11.3 Å². The normalized spacial score (nSPS) is 10.6. The van der Waals surface area contributed by atoms with Gasteiger partial charge in [-0.3, -0.25) is 0 Å². The molecular formula is C13H12BrClN2. The number of alkyl halides is 1. The molecule has 0 atom stereocenters. The van der Waals surface area contributed by atoms with Gasteiger partial charge in [0.1, 0.15) is 5.82 Å². The molecule has 0 aliphatic heterocycles. The third kappa shape index (κ3) is 2.85. The molecule has 1 aromatic heterocycles. The highest BCUT2D eigenvalue weighted by Gasteiger charge is 2.07. The quantitative estimate of drug-likeness (QED) is 0.774. The van der Waals surface area contributed by atoms with Gasteiger partial charge in [-0.15, -0.1) is 11.6 Å². The molecule has 88 valence electrons. The highest BCUT2D eigenvalue weighted by Crippen LogP contribution is 2.25. The maximum atomic E-state index is 5.80. The van der Waals surface area contributed by atoms with Crippen LogP contribution in [-0.2, 0) is 5.88 Å². The molecule has 1 aromatic carbocycles. The second-order valence-corrected chi connectivity index (χ2v) is 5.09. The summed E-state index contributed by atoms with van der Waals surface area (Å²) in [7, 11) is 0. The number of benzene rings is 1. The zero-order valence-electron chi connectivity index (χ0n) is 9.67. The molecule has 0 N–H and O–H groups in total. The fourth-order valence-corrected chi connectivity index (χ4v) is 2.18. The van der Waals surface area contributed by atoms with E-state index >= 15 is 0 Å². The fraction of sp³-hybridized carbons (Fsp3) is 0.231. The van der Waals surface area contributed by atoms with Gasteiger partial charge in [-0.25, -0.2) is 9.97 Å². The van der Waals surface area contributed by atoms with Crippen LogP contribution in [-0.4, -0.2) is 9.97 Å². The van der Waals surface area contributed by atoms with E-state index in [1.807, 2.05) is 19.1 Å². The van der Waals surface area contributed by atoms with E-state index < -0.39 is 0 Å². The van der Waals surface area contributed by atoms with Crippen molar-refractivity contribution in [2.75, 3.05) is 0 Å². The Labute approximate surface area is 114 Å². The molecule has 4 heteroatoms. The largest absolute Gasteiger partial charge is 0.237 e. The molecule has 2 nitrogen and oxygen atoms in total. The second-order valence-electron chi connectivity index (χ2n) is 3.90. The van der Waals surface area contributed by atoms with E-state index in [-0.39, 0.29) is 0 Å². The minimum absolute atomic E-state index is 0.335. The van der Waals surface area contributed by atoms with Crippen molar-refractivity contribution in [2.24, 2.45) is 0 Å². The van der Waals surface area contributed by atoms with Crippen LogP contribution in [0.3, 0.4) is 0 Å². The number of aryl methyl sites for hydroxylation is 2. The Morgan fingerprint density at radius 1 is 1.18 bits per heavy atom. The van der Waals surface area contributed by atoms with Crippen molar-refractivity contribution in [1.82, 2.24) is 9.97 Å². The van der Waals surface area contributed by atoms with Gasteiger partial charge in [-0.05, 0) is 37.6 Å². The summed E-state index contributed by atoms with van der Waals surface area (Å²) in [4.78, 5) is 8.74. The van der Waals surface area contributed by atoms with Crippen LogP contribution < -0.4 is 0 Å². The van der Waals surface area contributed by atoms with E-state index in [1.165, 1.54) is 5.56 Å². The Morgan fingerprint density at radius 3 is 2.65 bits per heavy atom. The lowest BCUT2D eigenvalue weighted by Crippen LogP contribution is -1.97. The molecule has 0 radical (unpaired) electrons. The molecule has 0 fully saturated rings. The summed E-state index contributed by atoms with van der Waals surface area (Å²) >= 11 is 9.27. The van der Waals surface area contributed by atoms with Gasteiger partial charge < -0.3 is 0 Å². The molecule has 0 spiro atoms. The number of nitrogens with zero attached hydrogens (tertiary/aromatic N) is 2. The number of halogens is 2. The summed E-state index contributed by atoms with van der Waals surface area (Å²) < 4.78 is 1.04. The van der Waals surface area contributed by atoms with Gasteiger partial charge >= 0.3 is 0 Å². The van der Waals surface area contributed by atoms with Gasteiger partial charge in [-0.2, -0.15) is 0 Å². The Bertz CT molecular complexity index is 555. The molecule has 1 heterocycles. The third-order valence-corrected chi connectivity index (χ3v) is 3.23. The number of hydrogen-bond donors (Lipinski definition) is 0. The van der Waals surface area contributed by atoms with Crippen LogP contribution in [0.5, 0.6) is 0 Å². The lowest BCUT2D eigenvalue weighted by atomic mass is 10.1. The van der Waals surface area contributed by atoms with Gasteiger partial charge in [0, 0.05) is 15.7 Å². The molecule has 2 aromatic rings. The van der Waals surface area contributed by atoms with E-state index in [0.29, 0.717) is 11.7 Å². The Kier molecular flexibility index (Phi) is 3.79. The highest BCUT2D eigenvalue weighted by atomic mass is 79.9. The van der Waals surface area contributed by atoms with Crippen molar-refractivity contribution in [1.29, 1.82) is 0 Å². The van der Waals surface area contributed by atoms with Crippen LogP contribution in [0.4, 0.5) is 0 Å². The van der Waals surface area contributed by atoms with Crippen LogP contribution in [0.25, 0.3) is 11.3 Å². The minimum atomic E-state index is 0.335. The first-order valence-corrected chi connectivity index (χ1v) is 6.60. The van der Waals surface area contributed by atoms with Gasteiger partial charge in [0.15, 0.2) is 0 Å². The molecule has 0 saturated heterocycles. The molecule has 0 saturated carbocycles. The number of hydrogen-bond acceptors (Lipinski definition) is 2. The average Bonchev–Trinajstić information content (AvgIpc) is 2.31. The minimum Gasteiger partial charge on any atom is -0.237 e. The molecule has 0 bridgehead atoms. The summed E-state index contributed by atoms with van der Waals surface area (Å²) in [5, 5.41) is 0. The smallest absolute Gasteiger partial charge is 0.143 e. The van der Waals surface area contributed by atoms with Gasteiger partial charge in [0.2, 0.25) is 0 Å². The van der Waals surface area contributed by atoms with Gasteiger partial charge in [-0.1, -0.05) is 22.0 Å². The molecule has 0 aliphatic rings. The van der Waals surface area contributed by atoms with Crippen molar-refractivity contribution in [3.05, 3.63) is 45.8 Å². The topological polar surface area (TPSA) is 25.8 Å². The molecule has 0 aliphatic carbocycles. The van der Waals surface area contributed by atoms with E-state index in [0.717, 1.165) is 21.4 Å². The highest BCUT2D eigenvalue weighted by molar-refractivity contribution is 9.10.